The van der Waals surface area contributed by atoms with Crippen molar-refractivity contribution in [1.29, 1.82) is 0 Å². The second kappa shape index (κ2) is 4.12. The molecule has 2 aromatic rings. The van der Waals surface area contributed by atoms with Crippen LogP contribution in [0.3, 0.4) is 0 Å². The number of hydrogen-bond acceptors (Lipinski definition) is 4. The molecule has 7 nitrogen and oxygen atoms in total. The van der Waals surface area contributed by atoms with Gasteiger partial charge in [0.25, 0.3) is 0 Å². The Hall–Kier alpha value is -2.57. The molecule has 88 valence electrons. The molecule has 0 bridgehead atoms. The summed E-state index contributed by atoms with van der Waals surface area (Å²) in [5, 5.41) is 3.87. The predicted molar refractivity (Wildman–Crippen MR) is 65.6 cm³/mol. The van der Waals surface area contributed by atoms with Crippen LogP contribution in [0.15, 0.2) is 34.3 Å². The van der Waals surface area contributed by atoms with Crippen molar-refractivity contribution in [2.75, 3.05) is 5.73 Å². The van der Waals surface area contributed by atoms with Crippen LogP contribution in [-0.2, 0) is 7.05 Å². The second-order valence-corrected chi connectivity index (χ2v) is 3.43. The van der Waals surface area contributed by atoms with Crippen LogP contribution in [0.5, 0.6) is 0 Å². The molecular weight excluding hydrogens is 220 g/mol. The van der Waals surface area contributed by atoms with Crippen LogP contribution >= 0.6 is 0 Å². The topological polar surface area (TPSA) is 104 Å². The van der Waals surface area contributed by atoms with Gasteiger partial charge in [-0.2, -0.15) is 5.10 Å². The maximum atomic E-state index is 11.8. The molecule has 0 radical (unpaired) electrons. The number of aliphatic imine (C=N–C) groups is 1. The normalized spacial score (nSPS) is 11.1. The highest BCUT2D eigenvalue weighted by atomic mass is 16.2. The van der Waals surface area contributed by atoms with Crippen LogP contribution < -0.4 is 17.2 Å². The predicted octanol–water partition coefficient (Wildman–Crippen LogP) is -0.228. The van der Waals surface area contributed by atoms with Crippen LogP contribution in [0.1, 0.15) is 0 Å². The fourth-order valence-electron chi connectivity index (χ4n) is 1.48. The van der Waals surface area contributed by atoms with Gasteiger partial charge < -0.3 is 11.5 Å². The summed E-state index contributed by atoms with van der Waals surface area (Å²) in [7, 11) is 1.57. The van der Waals surface area contributed by atoms with E-state index in [1.165, 1.54) is 15.6 Å². The number of aromatic nitrogens is 3. The average molecular weight is 232 g/mol. The van der Waals surface area contributed by atoms with Gasteiger partial charge in [0, 0.05) is 12.7 Å². The van der Waals surface area contributed by atoms with Crippen molar-refractivity contribution < 1.29 is 0 Å². The highest BCUT2D eigenvalue weighted by Crippen LogP contribution is 2.24. The molecule has 0 aliphatic carbocycles. The summed E-state index contributed by atoms with van der Waals surface area (Å²) in [6, 6.07) is 5.02. The molecule has 4 N–H and O–H groups in total. The third-order valence-electron chi connectivity index (χ3n) is 2.30. The smallest absolute Gasteiger partial charge is 0.350 e. The molecule has 1 aromatic carbocycles. The summed E-state index contributed by atoms with van der Waals surface area (Å²) >= 11 is 0. The fraction of sp³-hybridized carbons (Fsp3) is 0.100. The first-order valence-corrected chi connectivity index (χ1v) is 4.88. The fourth-order valence-corrected chi connectivity index (χ4v) is 1.48. The molecule has 0 unspecified atom stereocenters. The first kappa shape index (κ1) is 10.9. The summed E-state index contributed by atoms with van der Waals surface area (Å²) in [4.78, 5) is 15.7. The molecule has 0 fully saturated rings. The highest BCUT2D eigenvalue weighted by molar-refractivity contribution is 5.69. The zero-order chi connectivity index (χ0) is 12.4. The molecule has 2 rings (SSSR count). The minimum absolute atomic E-state index is 0.261. The van der Waals surface area contributed by atoms with Crippen molar-refractivity contribution in [2.24, 2.45) is 17.8 Å². The maximum absolute atomic E-state index is 11.8. The molecule has 17 heavy (non-hydrogen) atoms. The van der Waals surface area contributed by atoms with E-state index in [2.05, 4.69) is 10.1 Å². The van der Waals surface area contributed by atoms with Gasteiger partial charge in [-0.1, -0.05) is 0 Å². The van der Waals surface area contributed by atoms with Gasteiger partial charge in [0.2, 0.25) is 0 Å². The molecule has 1 heterocycles. The van der Waals surface area contributed by atoms with Crippen molar-refractivity contribution in [3.63, 3.8) is 0 Å². The quantitative estimate of drug-likeness (QED) is 0.424. The lowest BCUT2D eigenvalue weighted by Gasteiger charge is -2.05. The summed E-state index contributed by atoms with van der Waals surface area (Å²) < 4.78 is 2.61. The van der Waals surface area contributed by atoms with Crippen molar-refractivity contribution >= 4 is 17.7 Å². The van der Waals surface area contributed by atoms with E-state index in [9.17, 15) is 4.79 Å². The number of benzene rings is 1. The van der Waals surface area contributed by atoms with Gasteiger partial charge in [0.05, 0.1) is 17.7 Å². The van der Waals surface area contributed by atoms with E-state index in [0.29, 0.717) is 17.1 Å². The lowest BCUT2D eigenvalue weighted by atomic mass is 10.2. The Balaban J connectivity index is 2.67. The first-order valence-electron chi connectivity index (χ1n) is 4.88. The monoisotopic (exact) mass is 232 g/mol. The number of nitrogen functional groups attached to an aromatic ring is 1. The third-order valence-corrected chi connectivity index (χ3v) is 2.30. The largest absolute Gasteiger partial charge is 0.399 e. The molecule has 0 amide bonds. The lowest BCUT2D eigenvalue weighted by Crippen LogP contribution is -2.21. The van der Waals surface area contributed by atoms with Gasteiger partial charge in [-0.3, -0.25) is 0 Å². The van der Waals surface area contributed by atoms with Crippen molar-refractivity contribution in [1.82, 2.24) is 14.3 Å². The molecule has 1 aromatic heterocycles. The van der Waals surface area contributed by atoms with Crippen molar-refractivity contribution in [3.8, 4) is 5.69 Å². The molecule has 7 heteroatoms. The zero-order valence-corrected chi connectivity index (χ0v) is 9.24. The number of rotatable bonds is 2. The maximum Gasteiger partial charge on any atom is 0.350 e. The highest BCUT2D eigenvalue weighted by Gasteiger charge is 2.08. The van der Waals surface area contributed by atoms with Crippen LogP contribution in [0.4, 0.5) is 11.4 Å². The molecule has 0 atom stereocenters. The van der Waals surface area contributed by atoms with Gasteiger partial charge in [0.1, 0.15) is 6.33 Å². The van der Waals surface area contributed by atoms with E-state index >= 15 is 0 Å². The van der Waals surface area contributed by atoms with E-state index in [0.717, 1.165) is 6.34 Å². The van der Waals surface area contributed by atoms with Crippen LogP contribution in [-0.4, -0.2) is 20.7 Å². The Morgan fingerprint density at radius 1 is 1.47 bits per heavy atom. The SMILES string of the molecule is Cn1ncn(-c2ccc(N)cc2N=CN)c1=O. The number of hydrogen-bond donors (Lipinski definition) is 2. The molecule has 0 saturated carbocycles. The standard InChI is InChI=1S/C10H12N6O/c1-15-10(17)16(6-14-15)9-3-2-7(12)4-8(9)13-5-11/h2-6H,12H2,1H3,(H2,11,13). The number of anilines is 1. The summed E-state index contributed by atoms with van der Waals surface area (Å²) in [6.07, 6.45) is 2.57. The summed E-state index contributed by atoms with van der Waals surface area (Å²) in [6.45, 7) is 0. The van der Waals surface area contributed by atoms with Gasteiger partial charge >= 0.3 is 5.69 Å². The van der Waals surface area contributed by atoms with Crippen LogP contribution in [0.25, 0.3) is 5.69 Å². The Morgan fingerprint density at radius 3 is 2.82 bits per heavy atom. The van der Waals surface area contributed by atoms with Crippen LogP contribution in [0, 0.1) is 0 Å². The van der Waals surface area contributed by atoms with E-state index < -0.39 is 0 Å². The lowest BCUT2D eigenvalue weighted by molar-refractivity contribution is 0.726. The minimum atomic E-state index is -0.261. The number of nitrogens with zero attached hydrogens (tertiary/aromatic N) is 4. The minimum Gasteiger partial charge on any atom is -0.399 e. The molecule has 0 aliphatic heterocycles. The molecular formula is C10H12N6O. The zero-order valence-electron chi connectivity index (χ0n) is 9.24. The van der Waals surface area contributed by atoms with E-state index in [-0.39, 0.29) is 5.69 Å². The summed E-state index contributed by atoms with van der Waals surface area (Å²) in [5.41, 5.74) is 12.3. The molecule has 0 aliphatic rings. The third kappa shape index (κ3) is 1.89. The van der Waals surface area contributed by atoms with Gasteiger partial charge in [-0.15, -0.1) is 0 Å². The average Bonchev–Trinajstić information content (AvgIpc) is 2.61. The van der Waals surface area contributed by atoms with Gasteiger partial charge in [-0.25, -0.2) is 19.0 Å². The summed E-state index contributed by atoms with van der Waals surface area (Å²) in [5.74, 6) is 0. The molecule has 0 saturated heterocycles. The van der Waals surface area contributed by atoms with E-state index in [1.54, 1.807) is 25.2 Å². The van der Waals surface area contributed by atoms with Crippen molar-refractivity contribution in [3.05, 3.63) is 35.0 Å². The Kier molecular flexibility index (Phi) is 2.65. The Labute approximate surface area is 97.0 Å². The van der Waals surface area contributed by atoms with E-state index in [4.69, 9.17) is 11.5 Å². The number of nitrogens with two attached hydrogens (primary N) is 2. The van der Waals surface area contributed by atoms with Crippen molar-refractivity contribution in [2.45, 2.75) is 0 Å². The second-order valence-electron chi connectivity index (χ2n) is 3.43. The molecule has 0 spiro atoms. The Bertz CT molecular complexity index is 624. The first-order chi connectivity index (χ1) is 8.13. The van der Waals surface area contributed by atoms with E-state index in [1.807, 2.05) is 0 Å². The Morgan fingerprint density at radius 2 is 2.24 bits per heavy atom. The van der Waals surface area contributed by atoms with Gasteiger partial charge in [0.15, 0.2) is 0 Å². The van der Waals surface area contributed by atoms with Crippen LogP contribution in [0.2, 0.25) is 0 Å². The number of aryl methyl sites for hydroxylation is 1. The van der Waals surface area contributed by atoms with Gasteiger partial charge in [-0.05, 0) is 18.2 Å².